The highest BCUT2D eigenvalue weighted by Crippen LogP contribution is 2.34. The Balaban J connectivity index is 1.17. The van der Waals surface area contributed by atoms with E-state index < -0.39 is 0 Å². The zero-order chi connectivity index (χ0) is 29.6. The number of nitrogens with zero attached hydrogens (tertiary/aromatic N) is 6. The predicted octanol–water partition coefficient (Wildman–Crippen LogP) is 5.99. The van der Waals surface area contributed by atoms with Gasteiger partial charge < -0.3 is 10.1 Å². The highest BCUT2D eigenvalue weighted by molar-refractivity contribution is 7.21. The second-order valence-electron chi connectivity index (χ2n) is 10.4. The molecule has 0 bridgehead atoms. The molecule has 0 radical (unpaired) electrons. The van der Waals surface area contributed by atoms with Crippen molar-refractivity contribution in [1.29, 1.82) is 0 Å². The molecule has 4 heterocycles. The van der Waals surface area contributed by atoms with Gasteiger partial charge in [0.1, 0.15) is 21.0 Å². The quantitative estimate of drug-likeness (QED) is 0.212. The first-order chi connectivity index (χ1) is 21.1. The summed E-state index contributed by atoms with van der Waals surface area (Å²) >= 11 is 1.51. The molecule has 1 fully saturated rings. The molecule has 1 N–H and O–H groups in total. The predicted molar refractivity (Wildman–Crippen MR) is 170 cm³/mol. The fourth-order valence-electron chi connectivity index (χ4n) is 5.14. The molecule has 1 aliphatic heterocycles. The Morgan fingerprint density at radius 3 is 2.65 bits per heavy atom. The average molecular weight is 590 g/mol. The van der Waals surface area contributed by atoms with E-state index in [4.69, 9.17) is 21.3 Å². The third-order valence-corrected chi connectivity index (χ3v) is 8.46. The van der Waals surface area contributed by atoms with Crippen LogP contribution in [0.15, 0.2) is 79.0 Å². The van der Waals surface area contributed by atoms with Crippen LogP contribution in [0.2, 0.25) is 0 Å². The molecule has 9 nitrogen and oxygen atoms in total. The van der Waals surface area contributed by atoms with Crippen LogP contribution in [0.1, 0.15) is 16.1 Å². The number of fused-ring (bicyclic) bond motifs is 1. The lowest BCUT2D eigenvalue weighted by atomic mass is 10.1. The molecule has 0 saturated carbocycles. The molecular weight excluding hydrogens is 558 g/mol. The number of carbonyl (C=O) groups is 1. The van der Waals surface area contributed by atoms with Gasteiger partial charge in [-0.15, -0.1) is 0 Å². The lowest BCUT2D eigenvalue weighted by Gasteiger charge is -2.34. The number of piperazine rings is 1. The molecule has 0 spiro atoms. The maximum Gasteiger partial charge on any atom is 0.274 e. The maximum atomic E-state index is 13.3. The molecule has 1 aliphatic rings. The Hall–Kier alpha value is -4.53. The van der Waals surface area contributed by atoms with Gasteiger partial charge in [-0.1, -0.05) is 47.7 Å². The minimum absolute atomic E-state index is 0.288. The molecule has 6 rings (SSSR count). The van der Waals surface area contributed by atoms with Crippen molar-refractivity contribution in [2.24, 2.45) is 0 Å². The van der Waals surface area contributed by atoms with Crippen LogP contribution in [0.4, 0.5) is 11.4 Å². The molecular formula is C33H31N7O2S. The van der Waals surface area contributed by atoms with Crippen LogP contribution in [0.25, 0.3) is 37.0 Å². The summed E-state index contributed by atoms with van der Waals surface area (Å²) in [5.41, 5.74) is 5.71. The van der Waals surface area contributed by atoms with Gasteiger partial charge in [0.15, 0.2) is 5.69 Å². The van der Waals surface area contributed by atoms with Crippen molar-refractivity contribution in [3.05, 3.63) is 102 Å². The largest absolute Gasteiger partial charge is 0.383 e. The van der Waals surface area contributed by atoms with E-state index in [-0.39, 0.29) is 11.6 Å². The topological polar surface area (TPSA) is 87.8 Å². The first-order valence-electron chi connectivity index (χ1n) is 14.1. The summed E-state index contributed by atoms with van der Waals surface area (Å²) in [5.74, 6) is -0.320. The number of methoxy groups -OCH3 is 1. The zero-order valence-corrected chi connectivity index (χ0v) is 24.7. The molecule has 1 amide bonds. The fourth-order valence-corrected chi connectivity index (χ4v) is 6.07. The Labute approximate surface area is 254 Å². The van der Waals surface area contributed by atoms with Crippen LogP contribution in [-0.4, -0.2) is 77.1 Å². The zero-order valence-electron chi connectivity index (χ0n) is 23.9. The van der Waals surface area contributed by atoms with Gasteiger partial charge in [-0.2, -0.15) is 0 Å². The molecule has 3 aromatic heterocycles. The number of amides is 1. The van der Waals surface area contributed by atoms with Crippen LogP contribution < -0.4 is 5.32 Å². The third-order valence-electron chi connectivity index (χ3n) is 7.45. The van der Waals surface area contributed by atoms with Crippen LogP contribution >= 0.6 is 11.3 Å². The summed E-state index contributed by atoms with van der Waals surface area (Å²) in [6, 6.07) is 22.3. The number of rotatable bonds is 9. The molecule has 0 unspecified atom stereocenters. The Kier molecular flexibility index (Phi) is 8.77. The van der Waals surface area contributed by atoms with Crippen molar-refractivity contribution >= 4 is 39.0 Å². The minimum atomic E-state index is -0.320. The lowest BCUT2D eigenvalue weighted by molar-refractivity contribution is 0.0938. The van der Waals surface area contributed by atoms with Crippen molar-refractivity contribution in [3.63, 3.8) is 0 Å². The van der Waals surface area contributed by atoms with Gasteiger partial charge in [0.25, 0.3) is 5.91 Å². The number of para-hydroxylation sites is 1. The summed E-state index contributed by atoms with van der Waals surface area (Å²) in [4.78, 5) is 36.8. The molecule has 2 aromatic carbocycles. The fraction of sp³-hybridized carbons (Fsp3) is 0.242. The van der Waals surface area contributed by atoms with Gasteiger partial charge in [0.05, 0.1) is 24.6 Å². The summed E-state index contributed by atoms with van der Waals surface area (Å²) in [7, 11) is 1.75. The summed E-state index contributed by atoms with van der Waals surface area (Å²) in [6.45, 7) is 14.0. The highest BCUT2D eigenvalue weighted by atomic mass is 32.1. The van der Waals surface area contributed by atoms with E-state index in [1.54, 1.807) is 31.4 Å². The van der Waals surface area contributed by atoms with Crippen LogP contribution in [0, 0.1) is 6.57 Å². The van der Waals surface area contributed by atoms with Gasteiger partial charge in [-0.05, 0) is 47.5 Å². The van der Waals surface area contributed by atoms with Crippen LogP contribution in [-0.2, 0) is 11.3 Å². The van der Waals surface area contributed by atoms with Crippen molar-refractivity contribution in [2.45, 2.75) is 6.54 Å². The van der Waals surface area contributed by atoms with Crippen molar-refractivity contribution in [2.75, 3.05) is 51.8 Å². The summed E-state index contributed by atoms with van der Waals surface area (Å²) in [6.07, 6.45) is 1.95. The van der Waals surface area contributed by atoms with Crippen molar-refractivity contribution in [1.82, 2.24) is 24.8 Å². The second-order valence-corrected chi connectivity index (χ2v) is 11.3. The molecule has 216 valence electrons. The number of hydrogen-bond donors (Lipinski definition) is 1. The normalized spacial score (nSPS) is 14.0. The Morgan fingerprint density at radius 1 is 1.00 bits per heavy atom. The number of carbonyl (C=O) groups excluding carboxylic acids is 1. The molecule has 5 aromatic rings. The van der Waals surface area contributed by atoms with Crippen molar-refractivity contribution in [3.8, 4) is 21.8 Å². The SMILES string of the molecule is [C-]#[N+]c1cccc(-c2cccc(C(=O)Nc3ccccc3-c3nc4cc(CN5CCN(CCOC)CC5)cnc4s3)n2)c1. The van der Waals surface area contributed by atoms with Crippen LogP contribution in [0.3, 0.4) is 0 Å². The number of anilines is 1. The van der Waals surface area contributed by atoms with E-state index in [1.807, 2.05) is 48.7 Å². The number of thiazole rings is 1. The smallest absolute Gasteiger partial charge is 0.274 e. The molecule has 0 atom stereocenters. The average Bonchev–Trinajstić information content (AvgIpc) is 3.48. The van der Waals surface area contributed by atoms with E-state index in [1.165, 1.54) is 11.3 Å². The van der Waals surface area contributed by atoms with Gasteiger partial charge in [0.2, 0.25) is 0 Å². The first kappa shape index (κ1) is 28.6. The third kappa shape index (κ3) is 6.77. The molecule has 0 aliphatic carbocycles. The first-order valence-corrected chi connectivity index (χ1v) is 15.0. The summed E-state index contributed by atoms with van der Waals surface area (Å²) in [5, 5.41) is 3.82. The van der Waals surface area contributed by atoms with Crippen LogP contribution in [0.5, 0.6) is 0 Å². The summed E-state index contributed by atoms with van der Waals surface area (Å²) < 4.78 is 5.21. The van der Waals surface area contributed by atoms with E-state index >= 15 is 0 Å². The standard InChI is InChI=1S/C33H31N7O2S/c1-34-25-8-5-7-24(20-25)27-11-6-12-29(36-27)31(41)37-28-10-4-3-9-26(28)32-38-30-19-23(21-35-33(30)43-32)22-40-15-13-39(14-16-40)17-18-42-2/h3-12,19-21H,13-18,22H2,2H3,(H,37,41). The van der Waals surface area contributed by atoms with E-state index in [0.717, 1.165) is 77.9 Å². The number of pyridine rings is 2. The van der Waals surface area contributed by atoms with Gasteiger partial charge >= 0.3 is 0 Å². The maximum absolute atomic E-state index is 13.3. The van der Waals surface area contributed by atoms with Gasteiger partial charge in [0, 0.05) is 58.1 Å². The highest BCUT2D eigenvalue weighted by Gasteiger charge is 2.19. The Morgan fingerprint density at radius 2 is 1.81 bits per heavy atom. The molecule has 1 saturated heterocycles. The van der Waals surface area contributed by atoms with E-state index in [2.05, 4.69) is 31.0 Å². The van der Waals surface area contributed by atoms with Crippen molar-refractivity contribution < 1.29 is 9.53 Å². The van der Waals surface area contributed by atoms with E-state index in [9.17, 15) is 4.79 Å². The number of nitrogens with one attached hydrogen (secondary N) is 1. The number of hydrogen-bond acceptors (Lipinski definition) is 8. The molecule has 10 heteroatoms. The Bertz CT molecular complexity index is 1790. The number of benzene rings is 2. The number of ether oxygens (including phenoxy) is 1. The number of aromatic nitrogens is 3. The monoisotopic (exact) mass is 589 g/mol. The van der Waals surface area contributed by atoms with E-state index in [0.29, 0.717) is 17.1 Å². The van der Waals surface area contributed by atoms with Gasteiger partial charge in [-0.25, -0.2) is 19.8 Å². The lowest BCUT2D eigenvalue weighted by Crippen LogP contribution is -2.46. The van der Waals surface area contributed by atoms with Gasteiger partial charge in [-0.3, -0.25) is 14.6 Å². The molecule has 43 heavy (non-hydrogen) atoms. The second kappa shape index (κ2) is 13.2. The minimum Gasteiger partial charge on any atom is -0.383 e.